The van der Waals surface area contributed by atoms with Crippen LogP contribution in [-0.4, -0.2) is 30.9 Å². The first kappa shape index (κ1) is 17.1. The fourth-order valence-corrected chi connectivity index (χ4v) is 2.98. The van der Waals surface area contributed by atoms with Crippen LogP contribution in [0.2, 0.25) is 0 Å². The predicted molar refractivity (Wildman–Crippen MR) is 85.2 cm³/mol. The van der Waals surface area contributed by atoms with Crippen molar-refractivity contribution in [2.24, 2.45) is 0 Å². The second kappa shape index (κ2) is 8.32. The molecule has 3 nitrogen and oxygen atoms in total. The summed E-state index contributed by atoms with van der Waals surface area (Å²) < 4.78 is 4.89. The van der Waals surface area contributed by atoms with E-state index in [0.717, 1.165) is 25.1 Å². The van der Waals surface area contributed by atoms with Crippen LogP contribution in [0.1, 0.15) is 32.3 Å². The summed E-state index contributed by atoms with van der Waals surface area (Å²) in [4.78, 5) is 13.1. The van der Waals surface area contributed by atoms with E-state index in [-0.39, 0.29) is 5.97 Å². The molecule has 0 fully saturated rings. The highest BCUT2D eigenvalue weighted by Gasteiger charge is 2.32. The molecule has 0 bridgehead atoms. The molecule has 0 saturated heterocycles. The van der Waals surface area contributed by atoms with Crippen LogP contribution >= 0.6 is 11.8 Å². The summed E-state index contributed by atoms with van der Waals surface area (Å²) in [7, 11) is 1.44. The van der Waals surface area contributed by atoms with Crippen molar-refractivity contribution in [2.45, 2.75) is 44.0 Å². The van der Waals surface area contributed by atoms with Crippen molar-refractivity contribution in [1.82, 2.24) is 5.32 Å². The van der Waals surface area contributed by atoms with E-state index in [1.807, 2.05) is 25.6 Å². The Morgan fingerprint density at radius 2 is 2.00 bits per heavy atom. The molecule has 1 aromatic rings. The van der Waals surface area contributed by atoms with Gasteiger partial charge >= 0.3 is 5.97 Å². The zero-order valence-corrected chi connectivity index (χ0v) is 13.7. The monoisotopic (exact) mass is 295 g/mol. The molecule has 20 heavy (non-hydrogen) atoms. The van der Waals surface area contributed by atoms with Gasteiger partial charge in [0.05, 0.1) is 7.11 Å². The summed E-state index contributed by atoms with van der Waals surface area (Å²) in [6, 6.07) is 8.53. The van der Waals surface area contributed by atoms with Gasteiger partial charge < -0.3 is 10.1 Å². The molecule has 1 N–H and O–H groups in total. The van der Waals surface area contributed by atoms with Crippen molar-refractivity contribution in [1.29, 1.82) is 0 Å². The number of rotatable bonds is 8. The second-order valence-electron chi connectivity index (χ2n) is 5.12. The molecule has 0 aliphatic heterocycles. The number of ether oxygens (including phenoxy) is 1. The van der Waals surface area contributed by atoms with E-state index in [4.69, 9.17) is 4.74 Å². The summed E-state index contributed by atoms with van der Waals surface area (Å²) in [6.07, 6.45) is 1.75. The highest BCUT2D eigenvalue weighted by molar-refractivity contribution is 7.99. The van der Waals surface area contributed by atoms with E-state index in [2.05, 4.69) is 36.5 Å². The van der Waals surface area contributed by atoms with E-state index in [0.29, 0.717) is 0 Å². The average Bonchev–Trinajstić information content (AvgIpc) is 2.45. The summed E-state index contributed by atoms with van der Waals surface area (Å²) in [5.74, 6) is 0.820. The summed E-state index contributed by atoms with van der Waals surface area (Å²) >= 11 is 1.83. The zero-order valence-electron chi connectivity index (χ0n) is 12.9. The Morgan fingerprint density at radius 1 is 1.35 bits per heavy atom. The van der Waals surface area contributed by atoms with Crippen LogP contribution in [0.5, 0.6) is 0 Å². The first-order chi connectivity index (χ1) is 9.51. The Kier molecular flexibility index (Phi) is 7.10. The number of hydrogen-bond donors (Lipinski definition) is 1. The van der Waals surface area contributed by atoms with Crippen LogP contribution in [0.15, 0.2) is 29.2 Å². The lowest BCUT2D eigenvalue weighted by molar-refractivity contribution is -0.148. The van der Waals surface area contributed by atoms with Crippen LogP contribution in [0.4, 0.5) is 0 Å². The molecule has 1 aromatic carbocycles. The maximum Gasteiger partial charge on any atom is 0.325 e. The minimum absolute atomic E-state index is 0.181. The second-order valence-corrected chi connectivity index (χ2v) is 6.29. The van der Waals surface area contributed by atoms with Gasteiger partial charge in [0.25, 0.3) is 0 Å². The number of aryl methyl sites for hydroxylation is 1. The molecular formula is C16H25NO2S. The number of nitrogens with one attached hydrogen (secondary N) is 1. The third kappa shape index (κ3) is 5.17. The minimum Gasteiger partial charge on any atom is -0.468 e. The fraction of sp³-hybridized carbons (Fsp3) is 0.562. The van der Waals surface area contributed by atoms with Gasteiger partial charge in [-0.1, -0.05) is 24.6 Å². The summed E-state index contributed by atoms with van der Waals surface area (Å²) in [6.45, 7) is 6.77. The van der Waals surface area contributed by atoms with E-state index >= 15 is 0 Å². The number of carbonyl (C=O) groups is 1. The van der Waals surface area contributed by atoms with Crippen LogP contribution < -0.4 is 5.32 Å². The van der Waals surface area contributed by atoms with Crippen LogP contribution in [-0.2, 0) is 9.53 Å². The smallest absolute Gasteiger partial charge is 0.325 e. The van der Waals surface area contributed by atoms with Crippen molar-refractivity contribution in [2.75, 3.05) is 19.4 Å². The molecule has 0 radical (unpaired) electrons. The number of esters is 1. The maximum atomic E-state index is 11.8. The van der Waals surface area contributed by atoms with Gasteiger partial charge in [-0.25, -0.2) is 0 Å². The fourth-order valence-electron chi connectivity index (χ4n) is 2.13. The van der Waals surface area contributed by atoms with Crippen LogP contribution in [0, 0.1) is 6.92 Å². The summed E-state index contributed by atoms with van der Waals surface area (Å²) in [5.41, 5.74) is 0.705. The molecule has 0 amide bonds. The Balaban J connectivity index is 2.41. The quantitative estimate of drug-likeness (QED) is 0.453. The van der Waals surface area contributed by atoms with Crippen molar-refractivity contribution >= 4 is 17.7 Å². The molecule has 4 heteroatoms. The van der Waals surface area contributed by atoms with Crippen molar-refractivity contribution < 1.29 is 9.53 Å². The molecule has 0 saturated carbocycles. The van der Waals surface area contributed by atoms with Crippen LogP contribution in [0.3, 0.4) is 0 Å². The lowest BCUT2D eigenvalue weighted by Gasteiger charge is -2.27. The van der Waals surface area contributed by atoms with Crippen molar-refractivity contribution in [3.05, 3.63) is 29.8 Å². The summed E-state index contributed by atoms with van der Waals surface area (Å²) in [5, 5.41) is 3.23. The predicted octanol–water partition coefficient (Wildman–Crippen LogP) is 3.41. The first-order valence-corrected chi connectivity index (χ1v) is 8.03. The largest absolute Gasteiger partial charge is 0.468 e. The number of carbonyl (C=O) groups excluding carboxylic acids is 1. The van der Waals surface area contributed by atoms with Gasteiger partial charge in [0.15, 0.2) is 0 Å². The van der Waals surface area contributed by atoms with E-state index in [1.165, 1.54) is 17.6 Å². The molecule has 0 aliphatic rings. The van der Waals surface area contributed by atoms with Gasteiger partial charge in [-0.2, -0.15) is 0 Å². The number of benzene rings is 1. The maximum absolute atomic E-state index is 11.8. The average molecular weight is 295 g/mol. The van der Waals surface area contributed by atoms with Gasteiger partial charge in [0.1, 0.15) is 5.54 Å². The van der Waals surface area contributed by atoms with E-state index in [1.54, 1.807) is 0 Å². The van der Waals surface area contributed by atoms with Crippen molar-refractivity contribution in [3.8, 4) is 0 Å². The Bertz CT molecular complexity index is 419. The number of likely N-dealkylation sites (N-methyl/N-ethyl adjacent to an activating group) is 1. The van der Waals surface area contributed by atoms with Gasteiger partial charge in [-0.15, -0.1) is 11.8 Å². The molecule has 0 aromatic heterocycles. The highest BCUT2D eigenvalue weighted by atomic mass is 32.2. The lowest BCUT2D eigenvalue weighted by Crippen LogP contribution is -2.50. The molecule has 0 aliphatic carbocycles. The number of thioether (sulfide) groups is 1. The SMILES string of the molecule is CCNC(C)(CCCSc1ccc(C)cc1)C(=O)OC. The molecule has 1 atom stereocenters. The Morgan fingerprint density at radius 3 is 2.55 bits per heavy atom. The molecule has 1 rings (SSSR count). The zero-order chi connectivity index (χ0) is 15.0. The Hall–Kier alpha value is -1.00. The topological polar surface area (TPSA) is 38.3 Å². The third-order valence-electron chi connectivity index (χ3n) is 3.31. The van der Waals surface area contributed by atoms with Gasteiger partial charge in [0.2, 0.25) is 0 Å². The Labute approximate surface area is 126 Å². The highest BCUT2D eigenvalue weighted by Crippen LogP contribution is 2.22. The third-order valence-corrected chi connectivity index (χ3v) is 4.41. The molecule has 112 valence electrons. The van der Waals surface area contributed by atoms with Crippen LogP contribution in [0.25, 0.3) is 0 Å². The van der Waals surface area contributed by atoms with Gasteiger partial charge in [-0.3, -0.25) is 4.79 Å². The number of methoxy groups -OCH3 is 1. The van der Waals surface area contributed by atoms with E-state index < -0.39 is 5.54 Å². The number of hydrogen-bond acceptors (Lipinski definition) is 4. The lowest BCUT2D eigenvalue weighted by atomic mass is 9.96. The standard InChI is InChI=1S/C16H25NO2S/c1-5-17-16(3,15(18)19-4)11-6-12-20-14-9-7-13(2)8-10-14/h7-10,17H,5-6,11-12H2,1-4H3. The normalized spacial score (nSPS) is 13.8. The molecule has 1 unspecified atom stereocenters. The first-order valence-electron chi connectivity index (χ1n) is 7.04. The van der Waals surface area contributed by atoms with Gasteiger partial charge in [-0.05, 0) is 51.1 Å². The van der Waals surface area contributed by atoms with Crippen molar-refractivity contribution in [3.63, 3.8) is 0 Å². The van der Waals surface area contributed by atoms with E-state index in [9.17, 15) is 4.79 Å². The van der Waals surface area contributed by atoms with Gasteiger partial charge in [0, 0.05) is 4.90 Å². The molecule has 0 spiro atoms. The molecule has 0 heterocycles. The molecular weight excluding hydrogens is 270 g/mol. The minimum atomic E-state index is -0.572.